The largest absolute Gasteiger partial charge is 0.449 e. The van der Waals surface area contributed by atoms with Gasteiger partial charge in [-0.3, -0.25) is 4.79 Å². The standard InChI is InChI=1S/C26H25NO3/c1-17-11-13-19(14-12-17)15-25(18(2)28)27-26(29)30-16-24-22-9-5-3-7-20(22)21-8-4-6-10-23(21)24/h3-14,24-25H,15-16H2,1-2H3,(H,27,29)/t25-/m0/s1. The van der Waals surface area contributed by atoms with Crippen molar-refractivity contribution in [2.45, 2.75) is 32.2 Å². The molecule has 30 heavy (non-hydrogen) atoms. The highest BCUT2D eigenvalue weighted by molar-refractivity contribution is 5.85. The predicted octanol–water partition coefficient (Wildman–Crippen LogP) is 5.03. The zero-order chi connectivity index (χ0) is 21.1. The fourth-order valence-electron chi connectivity index (χ4n) is 4.04. The molecule has 3 aromatic carbocycles. The van der Waals surface area contributed by atoms with Gasteiger partial charge in [0.15, 0.2) is 5.78 Å². The number of benzene rings is 3. The maximum absolute atomic E-state index is 12.5. The molecular formula is C26H25NO3. The van der Waals surface area contributed by atoms with Crippen LogP contribution in [-0.2, 0) is 16.0 Å². The van der Waals surface area contributed by atoms with Crippen LogP contribution in [0.2, 0.25) is 0 Å². The summed E-state index contributed by atoms with van der Waals surface area (Å²) in [7, 11) is 0. The molecule has 4 rings (SSSR count). The molecule has 0 heterocycles. The summed E-state index contributed by atoms with van der Waals surface area (Å²) in [4.78, 5) is 24.6. The van der Waals surface area contributed by atoms with Crippen molar-refractivity contribution < 1.29 is 14.3 Å². The SMILES string of the molecule is CC(=O)[C@H](Cc1ccc(C)cc1)NC(=O)OCC1c2ccccc2-c2ccccc21. The van der Waals surface area contributed by atoms with E-state index in [2.05, 4.69) is 29.6 Å². The molecule has 0 saturated carbocycles. The molecule has 1 aliphatic carbocycles. The molecule has 0 bridgehead atoms. The summed E-state index contributed by atoms with van der Waals surface area (Å²) in [6, 6.07) is 23.8. The lowest BCUT2D eigenvalue weighted by atomic mass is 9.98. The van der Waals surface area contributed by atoms with Gasteiger partial charge in [-0.15, -0.1) is 0 Å². The normalized spacial score (nSPS) is 13.3. The van der Waals surface area contributed by atoms with E-state index in [1.807, 2.05) is 55.5 Å². The zero-order valence-corrected chi connectivity index (χ0v) is 17.2. The Labute approximate surface area is 176 Å². The molecule has 0 radical (unpaired) electrons. The van der Waals surface area contributed by atoms with Gasteiger partial charge in [0.1, 0.15) is 6.61 Å². The van der Waals surface area contributed by atoms with Gasteiger partial charge in [0, 0.05) is 5.92 Å². The number of hydrogen-bond donors (Lipinski definition) is 1. The Morgan fingerprint density at radius 1 is 0.900 bits per heavy atom. The van der Waals surface area contributed by atoms with Gasteiger partial charge in [0.05, 0.1) is 6.04 Å². The van der Waals surface area contributed by atoms with Crippen molar-refractivity contribution >= 4 is 11.9 Å². The van der Waals surface area contributed by atoms with E-state index < -0.39 is 12.1 Å². The maximum Gasteiger partial charge on any atom is 0.407 e. The number of ether oxygens (including phenoxy) is 1. The second kappa shape index (κ2) is 8.54. The lowest BCUT2D eigenvalue weighted by molar-refractivity contribution is -0.118. The molecule has 0 saturated heterocycles. The van der Waals surface area contributed by atoms with Crippen LogP contribution in [0.15, 0.2) is 72.8 Å². The van der Waals surface area contributed by atoms with E-state index >= 15 is 0 Å². The minimum absolute atomic E-state index is 0.00368. The average Bonchev–Trinajstić information content (AvgIpc) is 3.07. The molecule has 0 unspecified atom stereocenters. The van der Waals surface area contributed by atoms with E-state index in [0.29, 0.717) is 6.42 Å². The predicted molar refractivity (Wildman–Crippen MR) is 118 cm³/mol. The molecule has 152 valence electrons. The van der Waals surface area contributed by atoms with E-state index in [0.717, 1.165) is 22.3 Å². The Balaban J connectivity index is 1.43. The summed E-state index contributed by atoms with van der Waals surface area (Å²) in [6.07, 6.45) is -0.121. The van der Waals surface area contributed by atoms with Crippen molar-refractivity contribution in [1.82, 2.24) is 5.32 Å². The number of rotatable bonds is 6. The van der Waals surface area contributed by atoms with Crippen LogP contribution in [0.1, 0.15) is 35.1 Å². The number of amides is 1. The molecule has 3 aromatic rings. The number of Topliss-reactive ketones (excluding diaryl/α,β-unsaturated/α-hetero) is 1. The molecule has 1 aliphatic rings. The van der Waals surface area contributed by atoms with Crippen LogP contribution in [0.3, 0.4) is 0 Å². The van der Waals surface area contributed by atoms with E-state index in [1.54, 1.807) is 0 Å². The lowest BCUT2D eigenvalue weighted by Gasteiger charge is -2.18. The van der Waals surface area contributed by atoms with Crippen molar-refractivity contribution in [1.29, 1.82) is 0 Å². The molecule has 0 fully saturated rings. The first-order valence-corrected chi connectivity index (χ1v) is 10.2. The number of nitrogens with one attached hydrogen (secondary N) is 1. The summed E-state index contributed by atoms with van der Waals surface area (Å²) < 4.78 is 5.57. The Bertz CT molecular complexity index is 1030. The zero-order valence-electron chi connectivity index (χ0n) is 17.2. The fourth-order valence-corrected chi connectivity index (χ4v) is 4.04. The Morgan fingerprint density at radius 2 is 1.47 bits per heavy atom. The second-order valence-electron chi connectivity index (χ2n) is 7.82. The third-order valence-corrected chi connectivity index (χ3v) is 5.69. The Morgan fingerprint density at radius 3 is 2.03 bits per heavy atom. The van der Waals surface area contributed by atoms with Gasteiger partial charge in [-0.25, -0.2) is 4.79 Å². The van der Waals surface area contributed by atoms with Crippen LogP contribution >= 0.6 is 0 Å². The molecule has 0 aromatic heterocycles. The monoisotopic (exact) mass is 399 g/mol. The third kappa shape index (κ3) is 4.13. The van der Waals surface area contributed by atoms with E-state index in [1.165, 1.54) is 18.1 Å². The van der Waals surface area contributed by atoms with E-state index in [9.17, 15) is 9.59 Å². The highest BCUT2D eigenvalue weighted by atomic mass is 16.5. The molecular weight excluding hydrogens is 374 g/mol. The summed E-state index contributed by atoms with van der Waals surface area (Å²) in [5.41, 5.74) is 6.84. The minimum Gasteiger partial charge on any atom is -0.449 e. The highest BCUT2D eigenvalue weighted by Crippen LogP contribution is 2.44. The summed E-state index contributed by atoms with van der Waals surface area (Å²) in [6.45, 7) is 3.73. The van der Waals surface area contributed by atoms with Crippen LogP contribution in [0.5, 0.6) is 0 Å². The first kappa shape index (κ1) is 19.9. The number of alkyl carbamates (subject to hydrolysis) is 1. The van der Waals surface area contributed by atoms with Gasteiger partial charge in [-0.2, -0.15) is 0 Å². The van der Waals surface area contributed by atoms with Gasteiger partial charge >= 0.3 is 6.09 Å². The lowest BCUT2D eigenvalue weighted by Crippen LogP contribution is -2.42. The van der Waals surface area contributed by atoms with Crippen LogP contribution in [0.25, 0.3) is 11.1 Å². The quantitative estimate of drug-likeness (QED) is 0.632. The maximum atomic E-state index is 12.5. The first-order valence-electron chi connectivity index (χ1n) is 10.2. The summed E-state index contributed by atoms with van der Waals surface area (Å²) >= 11 is 0. The van der Waals surface area contributed by atoms with Gasteiger partial charge in [-0.05, 0) is 48.1 Å². The smallest absolute Gasteiger partial charge is 0.407 e. The molecule has 1 N–H and O–H groups in total. The van der Waals surface area contributed by atoms with Crippen molar-refractivity contribution in [2.75, 3.05) is 6.61 Å². The average molecular weight is 399 g/mol. The highest BCUT2D eigenvalue weighted by Gasteiger charge is 2.29. The third-order valence-electron chi connectivity index (χ3n) is 5.69. The topological polar surface area (TPSA) is 55.4 Å². The van der Waals surface area contributed by atoms with Crippen molar-refractivity contribution in [3.05, 3.63) is 95.1 Å². The Hall–Kier alpha value is -3.40. The van der Waals surface area contributed by atoms with Crippen molar-refractivity contribution in [2.24, 2.45) is 0 Å². The van der Waals surface area contributed by atoms with E-state index in [-0.39, 0.29) is 18.3 Å². The fraction of sp³-hybridized carbons (Fsp3) is 0.231. The van der Waals surface area contributed by atoms with Crippen molar-refractivity contribution in [3.8, 4) is 11.1 Å². The molecule has 0 spiro atoms. The van der Waals surface area contributed by atoms with Gasteiger partial charge in [0.2, 0.25) is 0 Å². The number of fused-ring (bicyclic) bond motifs is 3. The molecule has 1 amide bonds. The van der Waals surface area contributed by atoms with Crippen molar-refractivity contribution in [3.63, 3.8) is 0 Å². The summed E-state index contributed by atoms with van der Waals surface area (Å²) in [5, 5.41) is 2.74. The minimum atomic E-state index is -0.608. The molecule has 1 atom stereocenters. The number of hydrogen-bond acceptors (Lipinski definition) is 3. The number of aryl methyl sites for hydroxylation is 1. The Kier molecular flexibility index (Phi) is 5.66. The van der Waals surface area contributed by atoms with Gasteiger partial charge in [0.25, 0.3) is 0 Å². The second-order valence-corrected chi connectivity index (χ2v) is 7.82. The van der Waals surface area contributed by atoms with Crippen LogP contribution in [-0.4, -0.2) is 24.5 Å². The van der Waals surface area contributed by atoms with Crippen LogP contribution in [0.4, 0.5) is 4.79 Å². The van der Waals surface area contributed by atoms with Gasteiger partial charge in [-0.1, -0.05) is 78.4 Å². The molecule has 4 nitrogen and oxygen atoms in total. The number of carbonyl (C=O) groups excluding carboxylic acids is 2. The summed E-state index contributed by atoms with van der Waals surface area (Å²) in [5.74, 6) is -0.0971. The van der Waals surface area contributed by atoms with Crippen LogP contribution in [0, 0.1) is 6.92 Å². The molecule has 0 aliphatic heterocycles. The van der Waals surface area contributed by atoms with Gasteiger partial charge < -0.3 is 10.1 Å². The first-order chi connectivity index (χ1) is 14.5. The van der Waals surface area contributed by atoms with E-state index in [4.69, 9.17) is 4.74 Å². The number of ketones is 1. The number of carbonyl (C=O) groups is 2. The molecule has 4 heteroatoms. The van der Waals surface area contributed by atoms with Crippen LogP contribution < -0.4 is 5.32 Å².